The van der Waals surface area contributed by atoms with E-state index in [2.05, 4.69) is 6.92 Å². The number of carboxylic acid groups (broad SMARTS) is 1. The van der Waals surface area contributed by atoms with Gasteiger partial charge in [0.1, 0.15) is 0 Å². The number of hydrogen-bond donors (Lipinski definition) is 1. The number of hydrogen-bond acceptors (Lipinski definition) is 4. The van der Waals surface area contributed by atoms with E-state index in [9.17, 15) is 9.59 Å². The molecular formula is C17H19NO5. The summed E-state index contributed by atoms with van der Waals surface area (Å²) in [6.45, 7) is 3.33. The lowest BCUT2D eigenvalue weighted by Crippen LogP contribution is -2.40. The minimum atomic E-state index is -0.963. The average Bonchev–Trinajstić information content (AvgIpc) is 3.22. The number of epoxide rings is 1. The summed E-state index contributed by atoms with van der Waals surface area (Å²) in [5, 5.41) is 8.99. The molecule has 1 N–H and O–H groups in total. The van der Waals surface area contributed by atoms with E-state index in [-0.39, 0.29) is 29.0 Å². The fourth-order valence-corrected chi connectivity index (χ4v) is 3.78. The van der Waals surface area contributed by atoms with E-state index in [4.69, 9.17) is 14.6 Å². The maximum atomic E-state index is 12.8. The first-order valence-corrected chi connectivity index (χ1v) is 7.87. The Bertz CT molecular complexity index is 653. The van der Waals surface area contributed by atoms with Gasteiger partial charge in [-0.15, -0.1) is 0 Å². The molecule has 0 aliphatic carbocycles. The first-order chi connectivity index (χ1) is 11.0. The van der Waals surface area contributed by atoms with Crippen molar-refractivity contribution in [2.45, 2.75) is 37.6 Å². The predicted octanol–water partition coefficient (Wildman–Crippen LogP) is 1.81. The van der Waals surface area contributed by atoms with Crippen LogP contribution < -0.4 is 0 Å². The summed E-state index contributed by atoms with van der Waals surface area (Å²) in [4.78, 5) is 25.6. The van der Waals surface area contributed by atoms with Crippen LogP contribution >= 0.6 is 0 Å². The molecule has 3 aliphatic heterocycles. The monoisotopic (exact) mass is 317 g/mol. The maximum absolute atomic E-state index is 12.8. The molecule has 0 spiro atoms. The highest BCUT2D eigenvalue weighted by Gasteiger charge is 2.56. The highest BCUT2D eigenvalue weighted by Crippen LogP contribution is 2.48. The Morgan fingerprint density at radius 3 is 2.65 bits per heavy atom. The van der Waals surface area contributed by atoms with Crippen LogP contribution in [0.5, 0.6) is 0 Å². The third-order valence-corrected chi connectivity index (χ3v) is 5.03. The summed E-state index contributed by atoms with van der Waals surface area (Å²) < 4.78 is 11.1. The van der Waals surface area contributed by atoms with Crippen molar-refractivity contribution in [2.75, 3.05) is 13.2 Å². The summed E-state index contributed by atoms with van der Waals surface area (Å²) in [6.07, 6.45) is 1.38. The number of ether oxygens (including phenoxy) is 2. The largest absolute Gasteiger partial charge is 0.478 e. The van der Waals surface area contributed by atoms with E-state index in [1.54, 1.807) is 24.3 Å². The summed E-state index contributed by atoms with van der Waals surface area (Å²) in [6, 6.07) is 6.55. The summed E-state index contributed by atoms with van der Waals surface area (Å²) in [5.74, 6) is -0.847. The van der Waals surface area contributed by atoms with Crippen molar-refractivity contribution in [1.29, 1.82) is 0 Å². The van der Waals surface area contributed by atoms with Crippen LogP contribution in [0.2, 0.25) is 0 Å². The second kappa shape index (κ2) is 5.04. The molecule has 6 heteroatoms. The van der Waals surface area contributed by atoms with Crippen LogP contribution in [-0.2, 0) is 14.3 Å². The molecule has 4 atom stereocenters. The first kappa shape index (κ1) is 14.7. The van der Waals surface area contributed by atoms with Gasteiger partial charge < -0.3 is 19.5 Å². The van der Waals surface area contributed by atoms with E-state index < -0.39 is 12.2 Å². The van der Waals surface area contributed by atoms with E-state index in [0.29, 0.717) is 6.61 Å². The Morgan fingerprint density at radius 2 is 2.04 bits per heavy atom. The number of carboxylic acids is 1. The number of aromatic carboxylic acids is 1. The lowest BCUT2D eigenvalue weighted by Gasteiger charge is -2.29. The molecule has 3 heterocycles. The van der Waals surface area contributed by atoms with Crippen molar-refractivity contribution >= 4 is 11.9 Å². The van der Waals surface area contributed by atoms with E-state index in [0.717, 1.165) is 25.0 Å². The zero-order chi connectivity index (χ0) is 16.2. The van der Waals surface area contributed by atoms with Crippen molar-refractivity contribution in [1.82, 2.24) is 4.90 Å². The standard InChI is InChI=1S/C17H19NO5/c1-17-7-12(6-13-8-22-13)14(19)18(17)15(23-9-17)10-2-4-11(5-3-10)16(20)21/h2-5,12-13,15H,6-9H2,1H3,(H,20,21)/t12-,13?,15-,17+/m1/s1. The molecule has 1 aromatic rings. The van der Waals surface area contributed by atoms with E-state index in [1.807, 2.05) is 4.90 Å². The average molecular weight is 317 g/mol. The molecule has 0 aromatic heterocycles. The van der Waals surface area contributed by atoms with Crippen LogP contribution in [0.15, 0.2) is 24.3 Å². The fourth-order valence-electron chi connectivity index (χ4n) is 3.78. The van der Waals surface area contributed by atoms with Crippen LogP contribution in [0.1, 0.15) is 41.9 Å². The van der Waals surface area contributed by atoms with E-state index in [1.165, 1.54) is 0 Å². The van der Waals surface area contributed by atoms with Gasteiger partial charge in [0.2, 0.25) is 5.91 Å². The molecular weight excluding hydrogens is 298 g/mol. The fraction of sp³-hybridized carbons (Fsp3) is 0.529. The van der Waals surface area contributed by atoms with Gasteiger partial charge in [-0.1, -0.05) is 12.1 Å². The summed E-state index contributed by atoms with van der Waals surface area (Å²) >= 11 is 0. The molecule has 1 unspecified atom stereocenters. The Kier molecular flexibility index (Phi) is 3.21. The number of rotatable bonds is 4. The number of nitrogens with zero attached hydrogens (tertiary/aromatic N) is 1. The van der Waals surface area contributed by atoms with Gasteiger partial charge in [0.05, 0.1) is 30.4 Å². The number of fused-ring (bicyclic) bond motifs is 1. The zero-order valence-corrected chi connectivity index (χ0v) is 12.9. The Labute approximate surface area is 134 Å². The van der Waals surface area contributed by atoms with Crippen LogP contribution in [-0.4, -0.2) is 46.7 Å². The second-order valence-electron chi connectivity index (χ2n) is 6.89. The molecule has 4 rings (SSSR count). The topological polar surface area (TPSA) is 79.4 Å². The minimum Gasteiger partial charge on any atom is -0.478 e. The van der Waals surface area contributed by atoms with Gasteiger partial charge in [-0.2, -0.15) is 0 Å². The normalized spacial score (nSPS) is 35.4. The van der Waals surface area contributed by atoms with Crippen molar-refractivity contribution in [3.63, 3.8) is 0 Å². The van der Waals surface area contributed by atoms with Gasteiger partial charge in [-0.3, -0.25) is 4.79 Å². The molecule has 0 bridgehead atoms. The summed E-state index contributed by atoms with van der Waals surface area (Å²) in [7, 11) is 0. The van der Waals surface area contributed by atoms with Gasteiger partial charge in [0.25, 0.3) is 0 Å². The zero-order valence-electron chi connectivity index (χ0n) is 12.9. The SMILES string of the molecule is C[C@]12CO[C@H](c3ccc(C(=O)O)cc3)N1C(=O)[C@H](CC1CO1)C2. The molecule has 3 fully saturated rings. The lowest BCUT2D eigenvalue weighted by molar-refractivity contribution is -0.138. The van der Waals surface area contributed by atoms with Crippen molar-refractivity contribution in [2.24, 2.45) is 5.92 Å². The third-order valence-electron chi connectivity index (χ3n) is 5.03. The van der Waals surface area contributed by atoms with Crippen LogP contribution in [0.25, 0.3) is 0 Å². The number of carbonyl (C=O) groups is 2. The second-order valence-corrected chi connectivity index (χ2v) is 6.89. The quantitative estimate of drug-likeness (QED) is 0.857. The Morgan fingerprint density at radius 1 is 1.35 bits per heavy atom. The van der Waals surface area contributed by atoms with E-state index >= 15 is 0 Å². The first-order valence-electron chi connectivity index (χ1n) is 7.87. The van der Waals surface area contributed by atoms with Gasteiger partial charge in [0, 0.05) is 11.5 Å². The highest BCUT2D eigenvalue weighted by molar-refractivity contribution is 5.87. The summed E-state index contributed by atoms with van der Waals surface area (Å²) in [5.41, 5.74) is 0.758. The van der Waals surface area contributed by atoms with Crippen molar-refractivity contribution < 1.29 is 24.2 Å². The molecule has 0 saturated carbocycles. The van der Waals surface area contributed by atoms with Crippen LogP contribution in [0, 0.1) is 5.92 Å². The molecule has 1 aromatic carbocycles. The predicted molar refractivity (Wildman–Crippen MR) is 79.8 cm³/mol. The van der Waals surface area contributed by atoms with Gasteiger partial charge in [-0.05, 0) is 31.9 Å². The molecule has 122 valence electrons. The lowest BCUT2D eigenvalue weighted by atomic mass is 9.92. The third kappa shape index (κ3) is 2.42. The molecule has 3 saturated heterocycles. The maximum Gasteiger partial charge on any atom is 0.335 e. The number of amides is 1. The van der Waals surface area contributed by atoms with Crippen molar-refractivity contribution in [3.8, 4) is 0 Å². The number of carbonyl (C=O) groups excluding carboxylic acids is 1. The van der Waals surface area contributed by atoms with Gasteiger partial charge in [0.15, 0.2) is 6.23 Å². The van der Waals surface area contributed by atoms with Crippen molar-refractivity contribution in [3.05, 3.63) is 35.4 Å². The number of benzene rings is 1. The molecule has 1 amide bonds. The Hall–Kier alpha value is -1.92. The van der Waals surface area contributed by atoms with Gasteiger partial charge >= 0.3 is 5.97 Å². The molecule has 23 heavy (non-hydrogen) atoms. The molecule has 3 aliphatic rings. The van der Waals surface area contributed by atoms with Crippen LogP contribution in [0.3, 0.4) is 0 Å². The molecule has 0 radical (unpaired) electrons. The minimum absolute atomic E-state index is 0.00260. The highest BCUT2D eigenvalue weighted by atomic mass is 16.6. The molecule has 6 nitrogen and oxygen atoms in total. The van der Waals surface area contributed by atoms with Gasteiger partial charge in [-0.25, -0.2) is 4.79 Å². The smallest absolute Gasteiger partial charge is 0.335 e. The Balaban J connectivity index is 1.58. The van der Waals surface area contributed by atoms with Crippen LogP contribution in [0.4, 0.5) is 0 Å².